The number of carboxylic acids is 1. The molecule has 0 aliphatic heterocycles. The first-order valence-corrected chi connectivity index (χ1v) is 12.3. The Morgan fingerprint density at radius 2 is 1.94 bits per heavy atom. The van der Waals surface area contributed by atoms with Crippen molar-refractivity contribution in [2.24, 2.45) is 0 Å². The van der Waals surface area contributed by atoms with Gasteiger partial charge in [0.2, 0.25) is 0 Å². The van der Waals surface area contributed by atoms with Crippen molar-refractivity contribution in [1.82, 2.24) is 15.1 Å². The molecule has 0 bridgehead atoms. The fourth-order valence-electron chi connectivity index (χ4n) is 4.34. The van der Waals surface area contributed by atoms with E-state index in [9.17, 15) is 9.90 Å². The van der Waals surface area contributed by atoms with Gasteiger partial charge in [-0.1, -0.05) is 34.7 Å². The number of aromatic carboxylic acids is 1. The van der Waals surface area contributed by atoms with Crippen LogP contribution in [0.4, 0.5) is 10.8 Å². The Morgan fingerprint density at radius 1 is 1.14 bits per heavy atom. The largest absolute Gasteiger partial charge is 0.478 e. The number of para-hydroxylation sites is 1. The van der Waals surface area contributed by atoms with E-state index in [1.807, 2.05) is 40.1 Å². The zero-order valence-corrected chi connectivity index (χ0v) is 21.1. The average molecular weight is 500 g/mol. The van der Waals surface area contributed by atoms with Gasteiger partial charge in [-0.3, -0.25) is 0 Å². The Kier molecular flexibility index (Phi) is 6.15. The maximum atomic E-state index is 11.7. The fraction of sp³-hybridized carbons (Fsp3) is 0.185. The molecular formula is C27H25N5O3S. The lowest BCUT2D eigenvalue weighted by atomic mass is 9.95. The number of nitrogens with one attached hydrogen (secondary N) is 2. The van der Waals surface area contributed by atoms with E-state index in [1.54, 1.807) is 35.8 Å². The van der Waals surface area contributed by atoms with Crippen LogP contribution in [0.5, 0.6) is 0 Å². The van der Waals surface area contributed by atoms with E-state index >= 15 is 0 Å². The minimum atomic E-state index is -0.970. The Morgan fingerprint density at radius 3 is 2.64 bits per heavy atom. The summed E-state index contributed by atoms with van der Waals surface area (Å²) >= 11 is 1.54. The first kappa shape index (κ1) is 23.5. The summed E-state index contributed by atoms with van der Waals surface area (Å²) in [4.78, 5) is 22.3. The van der Waals surface area contributed by atoms with E-state index in [1.165, 1.54) is 0 Å². The maximum Gasteiger partial charge on any atom is 0.337 e. The highest BCUT2D eigenvalue weighted by molar-refractivity contribution is 7.18. The molecule has 1 unspecified atom stereocenters. The third-order valence-electron chi connectivity index (χ3n) is 6.10. The molecule has 0 fully saturated rings. The Hall–Kier alpha value is -4.24. The molecule has 0 saturated carbocycles. The highest BCUT2D eigenvalue weighted by Crippen LogP contribution is 2.40. The van der Waals surface area contributed by atoms with Crippen molar-refractivity contribution >= 4 is 39.0 Å². The number of aromatic nitrogens is 3. The molecule has 182 valence electrons. The van der Waals surface area contributed by atoms with Crippen LogP contribution in [-0.2, 0) is 0 Å². The van der Waals surface area contributed by atoms with Crippen molar-refractivity contribution in [2.45, 2.75) is 26.8 Å². The van der Waals surface area contributed by atoms with Gasteiger partial charge in [-0.2, -0.15) is 0 Å². The van der Waals surface area contributed by atoms with Crippen molar-refractivity contribution in [3.63, 3.8) is 0 Å². The smallest absolute Gasteiger partial charge is 0.337 e. The van der Waals surface area contributed by atoms with E-state index in [4.69, 9.17) is 9.51 Å². The standard InChI is InChI=1S/C27H25N5O3S/c1-14-9-18(15(2)30-22-8-6-5-7-17(22)26(33)34)19-11-20(24-12-29-27(28-4)36-24)25(31-23(19)10-14)21-13-35-32-16(21)3/h5-13,15,30H,1-4H3,(H,28,29)(H,33,34). The molecular weight excluding hydrogens is 474 g/mol. The number of carboxylic acid groups (broad SMARTS) is 1. The van der Waals surface area contributed by atoms with Gasteiger partial charge >= 0.3 is 5.97 Å². The number of nitrogens with zero attached hydrogens (tertiary/aromatic N) is 3. The zero-order chi connectivity index (χ0) is 25.4. The van der Waals surface area contributed by atoms with Crippen LogP contribution in [0.15, 0.2) is 59.4 Å². The van der Waals surface area contributed by atoms with Crippen molar-refractivity contribution in [2.75, 3.05) is 17.7 Å². The molecule has 36 heavy (non-hydrogen) atoms. The van der Waals surface area contributed by atoms with Crippen molar-refractivity contribution in [3.05, 3.63) is 77.3 Å². The van der Waals surface area contributed by atoms with Crippen LogP contribution >= 0.6 is 11.3 Å². The van der Waals surface area contributed by atoms with Gasteiger partial charge in [-0.25, -0.2) is 14.8 Å². The minimum absolute atomic E-state index is 0.181. The van der Waals surface area contributed by atoms with Crippen LogP contribution in [0, 0.1) is 13.8 Å². The Labute approximate surface area is 212 Å². The van der Waals surface area contributed by atoms with Gasteiger partial charge < -0.3 is 20.3 Å². The van der Waals surface area contributed by atoms with Crippen molar-refractivity contribution in [1.29, 1.82) is 0 Å². The van der Waals surface area contributed by atoms with Gasteiger partial charge in [0.05, 0.1) is 32.9 Å². The molecule has 0 amide bonds. The Bertz CT molecular complexity index is 1590. The average Bonchev–Trinajstić information content (AvgIpc) is 3.51. The molecule has 5 rings (SSSR count). The van der Waals surface area contributed by atoms with Gasteiger partial charge in [-0.15, -0.1) is 0 Å². The molecule has 0 aliphatic rings. The summed E-state index contributed by atoms with van der Waals surface area (Å²) in [6, 6.07) is 13.1. The second-order valence-corrected chi connectivity index (χ2v) is 9.65. The number of carbonyl (C=O) groups is 1. The number of hydrogen-bond donors (Lipinski definition) is 3. The lowest BCUT2D eigenvalue weighted by molar-refractivity contribution is 0.0698. The number of benzene rings is 2. The predicted molar refractivity (Wildman–Crippen MR) is 143 cm³/mol. The monoisotopic (exact) mass is 499 g/mol. The van der Waals surface area contributed by atoms with E-state index in [0.29, 0.717) is 5.69 Å². The number of anilines is 2. The SMILES string of the molecule is CNc1ncc(-c2cc3c(C(C)Nc4ccccc4C(=O)O)cc(C)cc3nc2-c2conc2C)s1. The van der Waals surface area contributed by atoms with Gasteiger partial charge in [-0.05, 0) is 56.2 Å². The van der Waals surface area contributed by atoms with E-state index in [2.05, 4.69) is 39.0 Å². The first-order valence-electron chi connectivity index (χ1n) is 11.4. The molecule has 5 aromatic rings. The highest BCUT2D eigenvalue weighted by atomic mass is 32.1. The van der Waals surface area contributed by atoms with Crippen LogP contribution in [0.25, 0.3) is 32.6 Å². The molecule has 0 radical (unpaired) electrons. The quantitative estimate of drug-likeness (QED) is 0.231. The molecule has 1 atom stereocenters. The van der Waals surface area contributed by atoms with Gasteiger partial charge in [0, 0.05) is 35.9 Å². The van der Waals surface area contributed by atoms with Crippen LogP contribution in [0.2, 0.25) is 0 Å². The van der Waals surface area contributed by atoms with E-state index in [0.717, 1.165) is 54.6 Å². The van der Waals surface area contributed by atoms with Crippen LogP contribution in [-0.4, -0.2) is 33.2 Å². The molecule has 9 heteroatoms. The topological polar surface area (TPSA) is 113 Å². The van der Waals surface area contributed by atoms with Gasteiger partial charge in [0.1, 0.15) is 6.26 Å². The number of fused-ring (bicyclic) bond motifs is 1. The summed E-state index contributed by atoms with van der Waals surface area (Å²) in [6.07, 6.45) is 3.46. The third-order valence-corrected chi connectivity index (χ3v) is 7.14. The van der Waals surface area contributed by atoms with Crippen LogP contribution in [0.1, 0.15) is 40.1 Å². The first-order chi connectivity index (χ1) is 17.4. The summed E-state index contributed by atoms with van der Waals surface area (Å²) in [5.41, 5.74) is 7.00. The molecule has 0 aliphatic carbocycles. The van der Waals surface area contributed by atoms with Gasteiger partial charge in [0.15, 0.2) is 5.13 Å². The molecule has 2 aromatic carbocycles. The second-order valence-electron chi connectivity index (χ2n) is 8.62. The normalized spacial score (nSPS) is 12.0. The second kappa shape index (κ2) is 9.43. The summed E-state index contributed by atoms with van der Waals surface area (Å²) in [7, 11) is 1.84. The number of rotatable bonds is 7. The zero-order valence-electron chi connectivity index (χ0n) is 20.3. The van der Waals surface area contributed by atoms with Gasteiger partial charge in [0.25, 0.3) is 0 Å². The van der Waals surface area contributed by atoms with Crippen molar-refractivity contribution < 1.29 is 14.4 Å². The maximum absolute atomic E-state index is 11.7. The number of thiazole rings is 1. The Balaban J connectivity index is 1.70. The molecule has 3 heterocycles. The lowest BCUT2D eigenvalue weighted by Crippen LogP contribution is -2.11. The van der Waals surface area contributed by atoms with Crippen molar-refractivity contribution in [3.8, 4) is 21.7 Å². The molecule has 0 spiro atoms. The number of pyridine rings is 1. The van der Waals surface area contributed by atoms with E-state index in [-0.39, 0.29) is 11.6 Å². The summed E-state index contributed by atoms with van der Waals surface area (Å²) in [5, 5.41) is 22.0. The summed E-state index contributed by atoms with van der Waals surface area (Å²) in [6.45, 7) is 5.95. The predicted octanol–water partition coefficient (Wildman–Crippen LogP) is 6.54. The third kappa shape index (κ3) is 4.29. The highest BCUT2D eigenvalue weighted by Gasteiger charge is 2.21. The number of aryl methyl sites for hydroxylation is 2. The summed E-state index contributed by atoms with van der Waals surface area (Å²) < 4.78 is 5.24. The van der Waals surface area contributed by atoms with Crippen LogP contribution < -0.4 is 10.6 Å². The van der Waals surface area contributed by atoms with E-state index < -0.39 is 5.97 Å². The fourth-order valence-corrected chi connectivity index (χ4v) is 5.13. The molecule has 3 N–H and O–H groups in total. The summed E-state index contributed by atoms with van der Waals surface area (Å²) in [5.74, 6) is -0.970. The molecule has 0 saturated heterocycles. The lowest BCUT2D eigenvalue weighted by Gasteiger charge is -2.20. The molecule has 8 nitrogen and oxygen atoms in total. The molecule has 3 aromatic heterocycles. The van der Waals surface area contributed by atoms with Crippen LogP contribution in [0.3, 0.4) is 0 Å². The minimum Gasteiger partial charge on any atom is -0.478 e. The number of hydrogen-bond acceptors (Lipinski definition) is 8.